The van der Waals surface area contributed by atoms with Gasteiger partial charge in [0.2, 0.25) is 0 Å². The first kappa shape index (κ1) is 14.5. The molecule has 1 aliphatic heterocycles. The number of carbonyl (C=O) groups is 2. The van der Waals surface area contributed by atoms with Crippen LogP contribution in [0.5, 0.6) is 0 Å². The van der Waals surface area contributed by atoms with Crippen molar-refractivity contribution >= 4 is 17.5 Å². The molecular formula is C17H21NO2. The first-order valence-electron chi connectivity index (χ1n) is 6.83. The van der Waals surface area contributed by atoms with E-state index in [1.165, 1.54) is 10.5 Å². The maximum absolute atomic E-state index is 12.4. The van der Waals surface area contributed by atoms with Gasteiger partial charge in [0.25, 0.3) is 11.8 Å². The van der Waals surface area contributed by atoms with Crippen LogP contribution in [0.15, 0.2) is 11.1 Å². The van der Waals surface area contributed by atoms with Crippen molar-refractivity contribution in [3.63, 3.8) is 0 Å². The molecule has 0 aromatic heterocycles. The minimum absolute atomic E-state index is 0.193. The zero-order valence-electron chi connectivity index (χ0n) is 13.3. The molecule has 0 spiro atoms. The van der Waals surface area contributed by atoms with E-state index in [0.29, 0.717) is 11.1 Å². The number of nitrogens with zero attached hydrogens (tertiary/aromatic N) is 1. The van der Waals surface area contributed by atoms with E-state index >= 15 is 0 Å². The standard InChI is InChI=1S/C17H21NO2/c1-8-9(2)11(4)15(12(5)10(8)3)18-16(19)13(6)14(7)17(18)20/h1-7H3. The summed E-state index contributed by atoms with van der Waals surface area (Å²) < 4.78 is 0. The molecule has 3 heteroatoms. The Morgan fingerprint density at radius 2 is 0.850 bits per heavy atom. The van der Waals surface area contributed by atoms with Crippen molar-refractivity contribution in [2.24, 2.45) is 0 Å². The van der Waals surface area contributed by atoms with Gasteiger partial charge in [-0.3, -0.25) is 9.59 Å². The fourth-order valence-corrected chi connectivity index (χ4v) is 2.77. The zero-order chi connectivity index (χ0) is 15.4. The minimum atomic E-state index is -0.193. The van der Waals surface area contributed by atoms with Crippen molar-refractivity contribution in [1.82, 2.24) is 0 Å². The van der Waals surface area contributed by atoms with E-state index in [1.807, 2.05) is 27.7 Å². The van der Waals surface area contributed by atoms with Gasteiger partial charge in [0, 0.05) is 11.1 Å². The monoisotopic (exact) mass is 271 g/mol. The maximum atomic E-state index is 12.4. The van der Waals surface area contributed by atoms with Crippen molar-refractivity contribution < 1.29 is 9.59 Å². The molecule has 0 saturated carbocycles. The number of anilines is 1. The first-order valence-corrected chi connectivity index (χ1v) is 6.83. The van der Waals surface area contributed by atoms with Gasteiger partial charge in [-0.25, -0.2) is 4.90 Å². The lowest BCUT2D eigenvalue weighted by molar-refractivity contribution is -0.120. The lowest BCUT2D eigenvalue weighted by Gasteiger charge is -2.24. The Morgan fingerprint density at radius 1 is 0.550 bits per heavy atom. The number of benzene rings is 1. The van der Waals surface area contributed by atoms with Gasteiger partial charge in [-0.15, -0.1) is 0 Å². The highest BCUT2D eigenvalue weighted by Crippen LogP contribution is 2.36. The van der Waals surface area contributed by atoms with E-state index in [1.54, 1.807) is 13.8 Å². The number of carbonyl (C=O) groups excluding carboxylic acids is 2. The van der Waals surface area contributed by atoms with Crippen molar-refractivity contribution in [2.75, 3.05) is 4.90 Å². The van der Waals surface area contributed by atoms with Gasteiger partial charge >= 0.3 is 0 Å². The quantitative estimate of drug-likeness (QED) is 0.734. The molecule has 1 heterocycles. The molecule has 0 fully saturated rings. The summed E-state index contributed by atoms with van der Waals surface area (Å²) in [5.74, 6) is -0.386. The Hall–Kier alpha value is -1.90. The second-order valence-corrected chi connectivity index (χ2v) is 5.67. The molecule has 20 heavy (non-hydrogen) atoms. The van der Waals surface area contributed by atoms with Crippen molar-refractivity contribution in [3.05, 3.63) is 39.0 Å². The molecule has 106 valence electrons. The molecule has 0 radical (unpaired) electrons. The summed E-state index contributed by atoms with van der Waals surface area (Å²) in [5, 5.41) is 0. The molecule has 2 amide bonds. The Labute approximate surface area is 120 Å². The van der Waals surface area contributed by atoms with Gasteiger partial charge in [-0.05, 0) is 76.3 Å². The predicted molar refractivity (Wildman–Crippen MR) is 81.0 cm³/mol. The van der Waals surface area contributed by atoms with Gasteiger partial charge in [-0.2, -0.15) is 0 Å². The highest BCUT2D eigenvalue weighted by Gasteiger charge is 2.36. The second kappa shape index (κ2) is 4.58. The number of amides is 2. The summed E-state index contributed by atoms with van der Waals surface area (Å²) in [7, 11) is 0. The average Bonchev–Trinajstić information content (AvgIpc) is 2.61. The van der Waals surface area contributed by atoms with E-state index in [-0.39, 0.29) is 11.8 Å². The molecule has 0 bridgehead atoms. The van der Waals surface area contributed by atoms with E-state index in [2.05, 4.69) is 6.92 Å². The third-order valence-electron chi connectivity index (χ3n) is 4.79. The topological polar surface area (TPSA) is 37.4 Å². The van der Waals surface area contributed by atoms with Gasteiger partial charge in [0.1, 0.15) is 0 Å². The van der Waals surface area contributed by atoms with Crippen molar-refractivity contribution in [3.8, 4) is 0 Å². The molecular weight excluding hydrogens is 250 g/mol. The number of imide groups is 1. The maximum Gasteiger partial charge on any atom is 0.261 e. The summed E-state index contributed by atoms with van der Waals surface area (Å²) in [5.41, 5.74) is 7.39. The second-order valence-electron chi connectivity index (χ2n) is 5.67. The van der Waals surface area contributed by atoms with Crippen molar-refractivity contribution in [1.29, 1.82) is 0 Å². The van der Waals surface area contributed by atoms with Gasteiger partial charge in [0.15, 0.2) is 0 Å². The van der Waals surface area contributed by atoms with Crippen LogP contribution < -0.4 is 4.90 Å². The van der Waals surface area contributed by atoms with Crippen LogP contribution in [-0.4, -0.2) is 11.8 Å². The van der Waals surface area contributed by atoms with Gasteiger partial charge < -0.3 is 0 Å². The average molecular weight is 271 g/mol. The van der Waals surface area contributed by atoms with Crippen molar-refractivity contribution in [2.45, 2.75) is 48.5 Å². The van der Waals surface area contributed by atoms with Crippen LogP contribution in [0.25, 0.3) is 0 Å². The van der Waals surface area contributed by atoms with Crippen LogP contribution in [0.4, 0.5) is 5.69 Å². The lowest BCUT2D eigenvalue weighted by Crippen LogP contribution is -2.33. The third kappa shape index (κ3) is 1.73. The molecule has 1 aromatic carbocycles. The highest BCUT2D eigenvalue weighted by molar-refractivity contribution is 6.33. The van der Waals surface area contributed by atoms with E-state index in [9.17, 15) is 9.59 Å². The Kier molecular flexibility index (Phi) is 3.32. The molecule has 2 rings (SSSR count). The first-order chi connectivity index (χ1) is 9.20. The Bertz CT molecular complexity index is 628. The summed E-state index contributed by atoms with van der Waals surface area (Å²) in [6, 6.07) is 0. The molecule has 0 unspecified atom stereocenters. The van der Waals surface area contributed by atoms with Gasteiger partial charge in [-0.1, -0.05) is 0 Å². The minimum Gasteiger partial charge on any atom is -0.269 e. The highest BCUT2D eigenvalue weighted by atomic mass is 16.2. The van der Waals surface area contributed by atoms with Crippen LogP contribution in [0.1, 0.15) is 41.7 Å². The molecule has 0 N–H and O–H groups in total. The van der Waals surface area contributed by atoms with Crippen LogP contribution in [-0.2, 0) is 9.59 Å². The molecule has 3 nitrogen and oxygen atoms in total. The summed E-state index contributed by atoms with van der Waals surface area (Å²) in [6.07, 6.45) is 0. The normalized spacial score (nSPS) is 15.7. The molecule has 1 aliphatic rings. The lowest BCUT2D eigenvalue weighted by atomic mass is 9.92. The van der Waals surface area contributed by atoms with Crippen LogP contribution in [0.3, 0.4) is 0 Å². The third-order valence-corrected chi connectivity index (χ3v) is 4.79. The molecule has 0 saturated heterocycles. The SMILES string of the molecule is CC1=C(C)C(=O)N(c2c(C)c(C)c(C)c(C)c2C)C1=O. The molecule has 0 aliphatic carbocycles. The summed E-state index contributed by atoms with van der Waals surface area (Å²) in [6.45, 7) is 13.6. The van der Waals surface area contributed by atoms with Crippen LogP contribution >= 0.6 is 0 Å². The predicted octanol–water partition coefficient (Wildman–Crippen LogP) is 3.44. The molecule has 1 aromatic rings. The molecule has 0 atom stereocenters. The zero-order valence-corrected chi connectivity index (χ0v) is 13.3. The number of hydrogen-bond donors (Lipinski definition) is 0. The fourth-order valence-electron chi connectivity index (χ4n) is 2.77. The fraction of sp³-hybridized carbons (Fsp3) is 0.412. The summed E-state index contributed by atoms with van der Waals surface area (Å²) in [4.78, 5) is 26.1. The van der Waals surface area contributed by atoms with Crippen LogP contribution in [0.2, 0.25) is 0 Å². The smallest absolute Gasteiger partial charge is 0.261 e. The van der Waals surface area contributed by atoms with Gasteiger partial charge in [0.05, 0.1) is 5.69 Å². The Balaban J connectivity index is 2.74. The van der Waals surface area contributed by atoms with E-state index < -0.39 is 0 Å². The Morgan fingerprint density at radius 3 is 1.20 bits per heavy atom. The van der Waals surface area contributed by atoms with E-state index in [0.717, 1.165) is 27.9 Å². The van der Waals surface area contributed by atoms with E-state index in [4.69, 9.17) is 0 Å². The number of hydrogen-bond acceptors (Lipinski definition) is 2. The number of rotatable bonds is 1. The largest absolute Gasteiger partial charge is 0.269 e. The van der Waals surface area contributed by atoms with Crippen LogP contribution in [0, 0.1) is 34.6 Å². The summed E-state index contributed by atoms with van der Waals surface area (Å²) >= 11 is 0.